The summed E-state index contributed by atoms with van der Waals surface area (Å²) < 4.78 is 5.77. The smallest absolute Gasteiger partial charge is 0.241 e. The van der Waals surface area contributed by atoms with Gasteiger partial charge in [-0.1, -0.05) is 11.6 Å². The molecule has 0 fully saturated rings. The van der Waals surface area contributed by atoms with Gasteiger partial charge in [-0.3, -0.25) is 0 Å². The lowest BCUT2D eigenvalue weighted by Crippen LogP contribution is -2.22. The highest BCUT2D eigenvalue weighted by Gasteiger charge is 2.14. The quantitative estimate of drug-likeness (QED) is 0.224. The van der Waals surface area contributed by atoms with E-state index in [4.69, 9.17) is 4.43 Å². The Morgan fingerprint density at radius 1 is 1.33 bits per heavy atom. The molecule has 0 spiro atoms. The van der Waals surface area contributed by atoms with Crippen molar-refractivity contribution in [3.63, 3.8) is 0 Å². The highest BCUT2D eigenvalue weighted by atomic mass is 28.4. The molecule has 0 rings (SSSR count). The van der Waals surface area contributed by atoms with Crippen molar-refractivity contribution >= 4 is 14.3 Å². The molecule has 0 heterocycles. The SMILES string of the molecule is C=CCC/C(=C\O[Si](C)(C)C)C(=C=O)C=C(C)C. The van der Waals surface area contributed by atoms with Crippen molar-refractivity contribution < 1.29 is 9.22 Å². The molecular formula is C15H24O2Si. The van der Waals surface area contributed by atoms with Gasteiger partial charge in [-0.15, -0.1) is 6.58 Å². The Kier molecular flexibility index (Phi) is 7.33. The number of carbonyl (C=O) groups excluding carboxylic acids is 1. The minimum Gasteiger partial charge on any atom is -0.549 e. The van der Waals surface area contributed by atoms with Crippen LogP contribution in [-0.4, -0.2) is 14.3 Å². The molecular weight excluding hydrogens is 240 g/mol. The minimum atomic E-state index is -1.62. The first kappa shape index (κ1) is 16.7. The van der Waals surface area contributed by atoms with Crippen LogP contribution in [0.2, 0.25) is 19.6 Å². The summed E-state index contributed by atoms with van der Waals surface area (Å²) in [6.07, 6.45) is 6.99. The molecule has 3 heteroatoms. The fraction of sp³-hybridized carbons (Fsp3) is 0.467. The van der Waals surface area contributed by atoms with Crippen LogP contribution < -0.4 is 0 Å². The van der Waals surface area contributed by atoms with Crippen LogP contribution in [0.4, 0.5) is 0 Å². The van der Waals surface area contributed by atoms with Gasteiger partial charge in [0.15, 0.2) is 0 Å². The molecule has 100 valence electrons. The van der Waals surface area contributed by atoms with E-state index in [1.54, 1.807) is 6.26 Å². The van der Waals surface area contributed by atoms with Gasteiger partial charge in [0.1, 0.15) is 5.94 Å². The molecule has 0 aromatic heterocycles. The normalized spacial score (nSPS) is 11.5. The Hall–Kier alpha value is -1.31. The Morgan fingerprint density at radius 3 is 2.33 bits per heavy atom. The van der Waals surface area contributed by atoms with Gasteiger partial charge < -0.3 is 4.43 Å². The second-order valence-corrected chi connectivity index (χ2v) is 9.90. The predicted molar refractivity (Wildman–Crippen MR) is 80.6 cm³/mol. The van der Waals surface area contributed by atoms with Crippen LogP contribution in [0.3, 0.4) is 0 Å². The molecule has 0 radical (unpaired) electrons. The summed E-state index contributed by atoms with van der Waals surface area (Å²) >= 11 is 0. The summed E-state index contributed by atoms with van der Waals surface area (Å²) in [7, 11) is -1.62. The zero-order valence-electron chi connectivity index (χ0n) is 12.2. The van der Waals surface area contributed by atoms with E-state index in [1.165, 1.54) is 0 Å². The second-order valence-electron chi connectivity index (χ2n) is 5.44. The van der Waals surface area contributed by atoms with Gasteiger partial charge in [0, 0.05) is 5.57 Å². The monoisotopic (exact) mass is 264 g/mol. The standard InChI is InChI=1S/C15H24O2Si/c1-7-8-9-14(12-17-18(4,5)6)15(11-16)10-13(2)3/h7,10,12H,1,8-9H2,2-6H3/b14-12+. The maximum atomic E-state index is 11.1. The fourth-order valence-electron chi connectivity index (χ4n) is 1.24. The minimum absolute atomic E-state index is 0.579. The van der Waals surface area contributed by atoms with E-state index < -0.39 is 8.32 Å². The molecule has 0 aromatic rings. The number of allylic oxidation sites excluding steroid dienone is 5. The lowest BCUT2D eigenvalue weighted by molar-refractivity contribution is 0.472. The van der Waals surface area contributed by atoms with Crippen molar-refractivity contribution in [3.8, 4) is 0 Å². The third-order valence-electron chi connectivity index (χ3n) is 2.06. The summed E-state index contributed by atoms with van der Waals surface area (Å²) in [5, 5.41) is 0. The summed E-state index contributed by atoms with van der Waals surface area (Å²) in [5.41, 5.74) is 2.55. The Bertz CT molecular complexity index is 387. The summed E-state index contributed by atoms with van der Waals surface area (Å²) in [6.45, 7) is 14.0. The van der Waals surface area contributed by atoms with E-state index in [2.05, 4.69) is 26.2 Å². The lowest BCUT2D eigenvalue weighted by Gasteiger charge is -2.17. The highest BCUT2D eigenvalue weighted by Crippen LogP contribution is 2.18. The maximum Gasteiger partial charge on any atom is 0.241 e. The number of hydrogen-bond donors (Lipinski definition) is 0. The summed E-state index contributed by atoms with van der Waals surface area (Å²) in [4.78, 5) is 11.1. The zero-order valence-corrected chi connectivity index (χ0v) is 13.2. The Labute approximate surface area is 112 Å². The van der Waals surface area contributed by atoms with Gasteiger partial charge in [-0.05, 0) is 52.4 Å². The zero-order chi connectivity index (χ0) is 14.2. The average Bonchev–Trinajstić information content (AvgIpc) is 2.25. The maximum absolute atomic E-state index is 11.1. The van der Waals surface area contributed by atoms with E-state index in [0.29, 0.717) is 5.57 Å². The molecule has 18 heavy (non-hydrogen) atoms. The molecule has 0 aliphatic rings. The van der Waals surface area contributed by atoms with Gasteiger partial charge in [-0.2, -0.15) is 0 Å². The van der Waals surface area contributed by atoms with Crippen LogP contribution >= 0.6 is 0 Å². The Morgan fingerprint density at radius 2 is 1.94 bits per heavy atom. The van der Waals surface area contributed by atoms with Gasteiger partial charge in [0.25, 0.3) is 0 Å². The van der Waals surface area contributed by atoms with E-state index >= 15 is 0 Å². The summed E-state index contributed by atoms with van der Waals surface area (Å²) in [6, 6.07) is 0. The molecule has 0 aliphatic carbocycles. The van der Waals surface area contributed by atoms with Crippen molar-refractivity contribution in [2.24, 2.45) is 0 Å². The van der Waals surface area contributed by atoms with Crippen LogP contribution in [0.15, 0.2) is 41.7 Å². The van der Waals surface area contributed by atoms with Crippen molar-refractivity contribution in [2.75, 3.05) is 0 Å². The predicted octanol–water partition coefficient (Wildman–Crippen LogP) is 4.41. The molecule has 0 unspecified atom stereocenters. The van der Waals surface area contributed by atoms with E-state index in [-0.39, 0.29) is 0 Å². The first-order valence-corrected chi connectivity index (χ1v) is 9.59. The molecule has 0 saturated heterocycles. The topological polar surface area (TPSA) is 26.3 Å². The van der Waals surface area contributed by atoms with Gasteiger partial charge in [0.05, 0.1) is 11.8 Å². The van der Waals surface area contributed by atoms with Crippen molar-refractivity contribution in [1.82, 2.24) is 0 Å². The van der Waals surface area contributed by atoms with Gasteiger partial charge in [-0.25, -0.2) is 4.79 Å². The van der Waals surface area contributed by atoms with Crippen LogP contribution in [0.5, 0.6) is 0 Å². The van der Waals surface area contributed by atoms with E-state index in [0.717, 1.165) is 24.0 Å². The largest absolute Gasteiger partial charge is 0.549 e. The van der Waals surface area contributed by atoms with Crippen LogP contribution in [0.1, 0.15) is 26.7 Å². The van der Waals surface area contributed by atoms with Crippen LogP contribution in [-0.2, 0) is 9.22 Å². The second kappa shape index (κ2) is 7.91. The van der Waals surface area contributed by atoms with Crippen molar-refractivity contribution in [1.29, 1.82) is 0 Å². The average molecular weight is 264 g/mol. The molecule has 0 saturated carbocycles. The molecule has 0 bridgehead atoms. The van der Waals surface area contributed by atoms with Crippen molar-refractivity contribution in [3.05, 3.63) is 41.7 Å². The first-order valence-electron chi connectivity index (χ1n) is 6.18. The third-order valence-corrected chi connectivity index (χ3v) is 2.89. The summed E-state index contributed by atoms with van der Waals surface area (Å²) in [5.74, 6) is 2.00. The molecule has 0 aliphatic heterocycles. The highest BCUT2D eigenvalue weighted by molar-refractivity contribution is 6.69. The van der Waals surface area contributed by atoms with Crippen molar-refractivity contribution in [2.45, 2.75) is 46.3 Å². The molecule has 0 atom stereocenters. The molecule has 0 N–H and O–H groups in total. The van der Waals surface area contributed by atoms with Gasteiger partial charge >= 0.3 is 0 Å². The molecule has 2 nitrogen and oxygen atoms in total. The van der Waals surface area contributed by atoms with E-state index in [9.17, 15) is 4.79 Å². The third kappa shape index (κ3) is 7.88. The molecule has 0 aromatic carbocycles. The lowest BCUT2D eigenvalue weighted by atomic mass is 10.0. The molecule has 0 amide bonds. The van der Waals surface area contributed by atoms with Crippen LogP contribution in [0.25, 0.3) is 0 Å². The number of hydrogen-bond acceptors (Lipinski definition) is 2. The van der Waals surface area contributed by atoms with Crippen LogP contribution in [0, 0.1) is 0 Å². The number of rotatable bonds is 7. The van der Waals surface area contributed by atoms with Gasteiger partial charge in [0.2, 0.25) is 8.32 Å². The van der Waals surface area contributed by atoms with E-state index in [1.807, 2.05) is 31.9 Å². The Balaban J connectivity index is 5.14. The fourth-order valence-corrected chi connectivity index (χ4v) is 1.73. The first-order chi connectivity index (χ1) is 8.30.